The molecule has 3 rings (SSSR count). The maximum absolute atomic E-state index is 14.6. The number of halogens is 4. The van der Waals surface area contributed by atoms with E-state index in [1.807, 2.05) is 0 Å². The minimum Gasteiger partial charge on any atom is -0.490 e. The predicted molar refractivity (Wildman–Crippen MR) is 103 cm³/mol. The van der Waals surface area contributed by atoms with Gasteiger partial charge in [0.2, 0.25) is 5.82 Å². The van der Waals surface area contributed by atoms with Gasteiger partial charge in [0.25, 0.3) is 0 Å². The molecule has 27 heavy (non-hydrogen) atoms. The van der Waals surface area contributed by atoms with Crippen LogP contribution in [0.15, 0.2) is 29.0 Å². The van der Waals surface area contributed by atoms with E-state index in [-0.39, 0.29) is 23.9 Å². The Balaban J connectivity index is 1.96. The van der Waals surface area contributed by atoms with Gasteiger partial charge in [-0.1, -0.05) is 15.9 Å². The SMILES string of the molecule is Nc1c(Br)cncc1-c1nnnn1-c1ccc(OCCCCBr)c(F)c1F. The molecule has 2 N–H and O–H groups in total. The largest absolute Gasteiger partial charge is 0.490 e. The Morgan fingerprint density at radius 1 is 1.15 bits per heavy atom. The molecule has 11 heteroatoms. The van der Waals surface area contributed by atoms with Crippen molar-refractivity contribution in [2.24, 2.45) is 0 Å². The summed E-state index contributed by atoms with van der Waals surface area (Å²) in [4.78, 5) is 4.01. The molecule has 0 fully saturated rings. The average Bonchev–Trinajstić information content (AvgIpc) is 3.13. The summed E-state index contributed by atoms with van der Waals surface area (Å²) in [7, 11) is 0. The highest BCUT2D eigenvalue weighted by Gasteiger charge is 2.21. The van der Waals surface area contributed by atoms with Crippen LogP contribution < -0.4 is 10.5 Å². The van der Waals surface area contributed by atoms with E-state index in [1.54, 1.807) is 0 Å². The molecule has 1 aromatic carbocycles. The van der Waals surface area contributed by atoms with Crippen LogP contribution in [0.5, 0.6) is 5.75 Å². The van der Waals surface area contributed by atoms with E-state index < -0.39 is 11.6 Å². The second-order valence-corrected chi connectivity index (χ2v) is 7.10. The van der Waals surface area contributed by atoms with Gasteiger partial charge in [-0.2, -0.15) is 9.07 Å². The van der Waals surface area contributed by atoms with Crippen LogP contribution in [-0.2, 0) is 0 Å². The molecule has 0 aliphatic rings. The number of nitrogens with zero attached hydrogens (tertiary/aromatic N) is 5. The van der Waals surface area contributed by atoms with Gasteiger partial charge in [0.05, 0.1) is 22.3 Å². The first-order chi connectivity index (χ1) is 13.0. The molecule has 0 saturated carbocycles. The van der Waals surface area contributed by atoms with Crippen molar-refractivity contribution in [3.05, 3.63) is 40.6 Å². The van der Waals surface area contributed by atoms with Crippen molar-refractivity contribution in [2.45, 2.75) is 12.8 Å². The zero-order chi connectivity index (χ0) is 19.4. The first kappa shape index (κ1) is 19.6. The van der Waals surface area contributed by atoms with Crippen LogP contribution >= 0.6 is 31.9 Å². The Hall–Kier alpha value is -2.14. The molecule has 3 aromatic rings. The van der Waals surface area contributed by atoms with Gasteiger partial charge in [-0.05, 0) is 51.3 Å². The first-order valence-electron chi connectivity index (χ1n) is 7.89. The van der Waals surface area contributed by atoms with Crippen molar-refractivity contribution in [3.8, 4) is 22.8 Å². The maximum Gasteiger partial charge on any atom is 0.202 e. The third-order valence-electron chi connectivity index (χ3n) is 3.69. The fourth-order valence-electron chi connectivity index (χ4n) is 2.32. The van der Waals surface area contributed by atoms with Crippen molar-refractivity contribution < 1.29 is 13.5 Å². The number of benzene rings is 1. The summed E-state index contributed by atoms with van der Waals surface area (Å²) < 4.78 is 36.0. The van der Waals surface area contributed by atoms with Crippen LogP contribution in [0.3, 0.4) is 0 Å². The van der Waals surface area contributed by atoms with Crippen molar-refractivity contribution in [1.29, 1.82) is 0 Å². The molecule has 0 atom stereocenters. The first-order valence-corrected chi connectivity index (χ1v) is 9.81. The number of aromatic nitrogens is 5. The summed E-state index contributed by atoms with van der Waals surface area (Å²) in [5.41, 5.74) is 6.54. The van der Waals surface area contributed by atoms with Gasteiger partial charge in [-0.15, -0.1) is 5.10 Å². The fraction of sp³-hybridized carbons (Fsp3) is 0.250. The van der Waals surface area contributed by atoms with Crippen LogP contribution in [0.2, 0.25) is 0 Å². The number of pyridine rings is 1. The van der Waals surface area contributed by atoms with Gasteiger partial charge >= 0.3 is 0 Å². The van der Waals surface area contributed by atoms with E-state index in [4.69, 9.17) is 10.5 Å². The van der Waals surface area contributed by atoms with Gasteiger partial charge in [0, 0.05) is 17.7 Å². The summed E-state index contributed by atoms with van der Waals surface area (Å²) in [6.45, 7) is 0.289. The van der Waals surface area contributed by atoms with E-state index in [2.05, 4.69) is 52.4 Å². The summed E-state index contributed by atoms with van der Waals surface area (Å²) in [5.74, 6) is -2.26. The molecular weight excluding hydrogens is 490 g/mol. The lowest BCUT2D eigenvalue weighted by molar-refractivity contribution is 0.289. The lowest BCUT2D eigenvalue weighted by Gasteiger charge is -2.11. The number of nitrogens with two attached hydrogens (primary N) is 1. The standard InChI is InChI=1S/C16H14Br2F2N6O/c17-5-1-2-6-27-12-4-3-11(13(19)14(12)20)26-16(23-24-25-26)9-7-22-8-10(18)15(9)21/h3-4,7-8H,1-2,5-6H2,(H2,21,22). The third kappa shape index (κ3) is 4.08. The molecule has 142 valence electrons. The summed E-state index contributed by atoms with van der Waals surface area (Å²) in [5, 5.41) is 12.0. The normalized spacial score (nSPS) is 11.0. The van der Waals surface area contributed by atoms with E-state index in [1.165, 1.54) is 24.5 Å². The fourth-order valence-corrected chi connectivity index (χ4v) is 3.04. The molecule has 2 aromatic heterocycles. The van der Waals surface area contributed by atoms with Gasteiger partial charge < -0.3 is 10.5 Å². The summed E-state index contributed by atoms with van der Waals surface area (Å²) in [6.07, 6.45) is 4.55. The Labute approximate surface area is 170 Å². The number of hydrogen-bond donors (Lipinski definition) is 1. The Kier molecular flexibility index (Phi) is 6.32. The molecule has 0 bridgehead atoms. The molecule has 0 aliphatic heterocycles. The number of tetrazole rings is 1. The third-order valence-corrected chi connectivity index (χ3v) is 4.88. The molecular formula is C16H14Br2F2N6O. The second kappa shape index (κ2) is 8.70. The lowest BCUT2D eigenvalue weighted by atomic mass is 10.2. The number of nitrogen functional groups attached to an aromatic ring is 1. The quantitative estimate of drug-likeness (QED) is 0.388. The minimum absolute atomic E-state index is 0.130. The molecule has 0 saturated heterocycles. The summed E-state index contributed by atoms with van der Waals surface area (Å²) >= 11 is 6.57. The number of ether oxygens (including phenoxy) is 1. The smallest absolute Gasteiger partial charge is 0.202 e. The molecule has 0 aliphatic carbocycles. The molecule has 0 amide bonds. The van der Waals surface area contributed by atoms with E-state index in [0.29, 0.717) is 15.7 Å². The number of rotatable bonds is 7. The van der Waals surface area contributed by atoms with Gasteiger partial charge in [0.1, 0.15) is 5.69 Å². The molecule has 7 nitrogen and oxygen atoms in total. The highest BCUT2D eigenvalue weighted by atomic mass is 79.9. The van der Waals surface area contributed by atoms with E-state index in [0.717, 1.165) is 22.9 Å². The van der Waals surface area contributed by atoms with Crippen LogP contribution in [-0.4, -0.2) is 37.1 Å². The number of hydrogen-bond acceptors (Lipinski definition) is 6. The van der Waals surface area contributed by atoms with Crippen molar-refractivity contribution in [3.63, 3.8) is 0 Å². The lowest BCUT2D eigenvalue weighted by Crippen LogP contribution is -2.08. The monoisotopic (exact) mass is 502 g/mol. The van der Waals surface area contributed by atoms with Crippen LogP contribution in [0.1, 0.15) is 12.8 Å². The zero-order valence-electron chi connectivity index (χ0n) is 13.9. The predicted octanol–water partition coefficient (Wildman–Crippen LogP) is 3.90. The van der Waals surface area contributed by atoms with E-state index in [9.17, 15) is 8.78 Å². The number of unbranched alkanes of at least 4 members (excludes halogenated alkanes) is 1. The average molecular weight is 504 g/mol. The molecule has 0 unspecified atom stereocenters. The zero-order valence-corrected chi connectivity index (χ0v) is 17.0. The van der Waals surface area contributed by atoms with Gasteiger partial charge in [-0.3, -0.25) is 4.98 Å². The number of anilines is 1. The Bertz CT molecular complexity index is 953. The summed E-state index contributed by atoms with van der Waals surface area (Å²) in [6, 6.07) is 2.69. The van der Waals surface area contributed by atoms with Gasteiger partial charge in [0.15, 0.2) is 17.4 Å². The molecule has 2 heterocycles. The van der Waals surface area contributed by atoms with Crippen LogP contribution in [0.25, 0.3) is 17.1 Å². The van der Waals surface area contributed by atoms with Crippen LogP contribution in [0.4, 0.5) is 14.5 Å². The highest BCUT2D eigenvalue weighted by Crippen LogP contribution is 2.32. The van der Waals surface area contributed by atoms with Crippen molar-refractivity contribution in [2.75, 3.05) is 17.7 Å². The minimum atomic E-state index is -1.12. The Morgan fingerprint density at radius 3 is 2.74 bits per heavy atom. The van der Waals surface area contributed by atoms with Crippen molar-refractivity contribution >= 4 is 37.5 Å². The molecule has 0 radical (unpaired) electrons. The van der Waals surface area contributed by atoms with Gasteiger partial charge in [-0.25, -0.2) is 4.39 Å². The van der Waals surface area contributed by atoms with Crippen LogP contribution in [0, 0.1) is 11.6 Å². The Morgan fingerprint density at radius 2 is 1.96 bits per heavy atom. The number of alkyl halides is 1. The topological polar surface area (TPSA) is 91.7 Å². The maximum atomic E-state index is 14.6. The second-order valence-electron chi connectivity index (χ2n) is 5.45. The van der Waals surface area contributed by atoms with E-state index >= 15 is 0 Å². The van der Waals surface area contributed by atoms with Crippen molar-refractivity contribution in [1.82, 2.24) is 25.2 Å². The highest BCUT2D eigenvalue weighted by molar-refractivity contribution is 9.10. The molecule has 0 spiro atoms.